The third-order valence-corrected chi connectivity index (χ3v) is 4.11. The summed E-state index contributed by atoms with van der Waals surface area (Å²) in [4.78, 5) is 12.2. The Morgan fingerprint density at radius 2 is 1.85 bits per heavy atom. The summed E-state index contributed by atoms with van der Waals surface area (Å²) in [6.07, 6.45) is 0. The Morgan fingerprint density at radius 1 is 1.08 bits per heavy atom. The number of aromatic nitrogens is 2. The van der Waals surface area contributed by atoms with Gasteiger partial charge in [0.25, 0.3) is 5.91 Å². The van der Waals surface area contributed by atoms with Gasteiger partial charge in [-0.05, 0) is 61.0 Å². The van der Waals surface area contributed by atoms with Crippen molar-refractivity contribution >= 4 is 34.7 Å². The van der Waals surface area contributed by atoms with Crippen LogP contribution in [0.2, 0.25) is 5.02 Å². The molecule has 128 valence electrons. The topological polar surface area (TPSA) is 90.7 Å². The van der Waals surface area contributed by atoms with E-state index in [1.165, 1.54) is 0 Å². The van der Waals surface area contributed by atoms with Crippen LogP contribution in [0, 0.1) is 18.3 Å². The molecule has 0 saturated carbocycles. The zero-order chi connectivity index (χ0) is 18.5. The maximum absolute atomic E-state index is 12.2. The maximum atomic E-state index is 12.2. The predicted octanol–water partition coefficient (Wildman–Crippen LogP) is 4.31. The number of anilines is 3. The molecule has 0 unspecified atom stereocenters. The summed E-state index contributed by atoms with van der Waals surface area (Å²) in [6, 6.07) is 17.4. The molecule has 0 spiro atoms. The first-order valence-corrected chi connectivity index (χ1v) is 8.12. The molecule has 0 bridgehead atoms. The summed E-state index contributed by atoms with van der Waals surface area (Å²) in [5.41, 5.74) is 3.00. The first-order valence-electron chi connectivity index (χ1n) is 7.74. The van der Waals surface area contributed by atoms with Crippen molar-refractivity contribution in [1.82, 2.24) is 10.2 Å². The number of carbonyl (C=O) groups is 1. The normalized spacial score (nSPS) is 10.0. The van der Waals surface area contributed by atoms with Gasteiger partial charge in [0.15, 0.2) is 11.5 Å². The van der Waals surface area contributed by atoms with Gasteiger partial charge >= 0.3 is 0 Å². The van der Waals surface area contributed by atoms with E-state index >= 15 is 0 Å². The highest BCUT2D eigenvalue weighted by molar-refractivity contribution is 6.31. The molecule has 1 aromatic heterocycles. The van der Waals surface area contributed by atoms with Crippen LogP contribution in [0.1, 0.15) is 21.6 Å². The van der Waals surface area contributed by atoms with E-state index in [0.717, 1.165) is 11.3 Å². The standard InChI is InChI=1S/C19H14ClN5O/c1-12-15(20)3-2-4-16(12)23-18-10-9-17(24-25-18)19(26)22-14-7-5-13(11-21)6-8-14/h2-10H,1H3,(H,22,26)(H,23,25). The Morgan fingerprint density at radius 3 is 2.50 bits per heavy atom. The number of hydrogen-bond acceptors (Lipinski definition) is 5. The lowest BCUT2D eigenvalue weighted by molar-refractivity contribution is 0.102. The Kier molecular flexibility index (Phi) is 5.11. The molecule has 3 aromatic rings. The molecule has 0 saturated heterocycles. The van der Waals surface area contributed by atoms with Crippen LogP contribution < -0.4 is 10.6 Å². The van der Waals surface area contributed by atoms with Gasteiger partial charge in [-0.1, -0.05) is 17.7 Å². The summed E-state index contributed by atoms with van der Waals surface area (Å²) in [5.74, 6) is 0.123. The Balaban J connectivity index is 1.69. The quantitative estimate of drug-likeness (QED) is 0.720. The summed E-state index contributed by atoms with van der Waals surface area (Å²) in [7, 11) is 0. The number of nitrogens with zero attached hydrogens (tertiary/aromatic N) is 3. The average molecular weight is 364 g/mol. The fourth-order valence-electron chi connectivity index (χ4n) is 2.22. The maximum Gasteiger partial charge on any atom is 0.276 e. The summed E-state index contributed by atoms with van der Waals surface area (Å²) < 4.78 is 0. The highest BCUT2D eigenvalue weighted by Gasteiger charge is 2.10. The van der Waals surface area contributed by atoms with Crippen molar-refractivity contribution in [1.29, 1.82) is 5.26 Å². The van der Waals surface area contributed by atoms with Gasteiger partial charge in [-0.25, -0.2) is 0 Å². The zero-order valence-corrected chi connectivity index (χ0v) is 14.6. The summed E-state index contributed by atoms with van der Waals surface area (Å²) in [5, 5.41) is 23.2. The third kappa shape index (κ3) is 3.97. The van der Waals surface area contributed by atoms with Crippen molar-refractivity contribution < 1.29 is 4.79 Å². The third-order valence-electron chi connectivity index (χ3n) is 3.70. The van der Waals surface area contributed by atoms with Gasteiger partial charge in [-0.2, -0.15) is 5.26 Å². The number of benzene rings is 2. The Hall–Kier alpha value is -3.43. The molecular formula is C19H14ClN5O. The van der Waals surface area contributed by atoms with Crippen molar-refractivity contribution in [2.24, 2.45) is 0 Å². The SMILES string of the molecule is Cc1c(Cl)cccc1Nc1ccc(C(=O)Nc2ccc(C#N)cc2)nn1. The van der Waals surface area contributed by atoms with E-state index in [4.69, 9.17) is 16.9 Å². The fraction of sp³-hybridized carbons (Fsp3) is 0.0526. The molecule has 0 aliphatic heterocycles. The first-order chi connectivity index (χ1) is 12.6. The molecule has 0 atom stereocenters. The summed E-state index contributed by atoms with van der Waals surface area (Å²) in [6.45, 7) is 1.90. The fourth-order valence-corrected chi connectivity index (χ4v) is 2.40. The predicted molar refractivity (Wildman–Crippen MR) is 101 cm³/mol. The van der Waals surface area contributed by atoms with Gasteiger partial charge in [0, 0.05) is 16.4 Å². The Bertz CT molecular complexity index is 978. The van der Waals surface area contributed by atoms with E-state index in [-0.39, 0.29) is 11.6 Å². The monoisotopic (exact) mass is 363 g/mol. The number of nitriles is 1. The smallest absolute Gasteiger partial charge is 0.276 e. The molecular weight excluding hydrogens is 350 g/mol. The lowest BCUT2D eigenvalue weighted by atomic mass is 10.2. The minimum atomic E-state index is -0.382. The van der Waals surface area contributed by atoms with E-state index in [1.807, 2.05) is 31.2 Å². The van der Waals surface area contributed by atoms with Crippen LogP contribution in [0.4, 0.5) is 17.2 Å². The van der Waals surface area contributed by atoms with Crippen molar-refractivity contribution in [3.63, 3.8) is 0 Å². The van der Waals surface area contributed by atoms with Crippen LogP contribution in [-0.2, 0) is 0 Å². The molecule has 0 aliphatic rings. The van der Waals surface area contributed by atoms with Crippen molar-refractivity contribution in [3.05, 3.63) is 76.4 Å². The van der Waals surface area contributed by atoms with Gasteiger partial charge in [0.1, 0.15) is 0 Å². The second-order valence-corrected chi connectivity index (χ2v) is 5.89. The molecule has 0 radical (unpaired) electrons. The van der Waals surface area contributed by atoms with E-state index < -0.39 is 0 Å². The molecule has 0 fully saturated rings. The second-order valence-electron chi connectivity index (χ2n) is 5.48. The first kappa shape index (κ1) is 17.4. The Labute approximate surface area is 155 Å². The van der Waals surface area contributed by atoms with Crippen LogP contribution in [0.25, 0.3) is 0 Å². The van der Waals surface area contributed by atoms with Gasteiger partial charge in [0.2, 0.25) is 0 Å². The van der Waals surface area contributed by atoms with Crippen LogP contribution in [0.3, 0.4) is 0 Å². The molecule has 0 aliphatic carbocycles. The van der Waals surface area contributed by atoms with Crippen molar-refractivity contribution in [2.45, 2.75) is 6.92 Å². The zero-order valence-electron chi connectivity index (χ0n) is 13.8. The lowest BCUT2D eigenvalue weighted by Gasteiger charge is -2.10. The molecule has 2 aromatic carbocycles. The van der Waals surface area contributed by atoms with Crippen LogP contribution in [0.15, 0.2) is 54.6 Å². The van der Waals surface area contributed by atoms with E-state index in [9.17, 15) is 4.79 Å². The molecule has 26 heavy (non-hydrogen) atoms. The van der Waals surface area contributed by atoms with Gasteiger partial charge in [0.05, 0.1) is 11.6 Å². The van der Waals surface area contributed by atoms with E-state index in [1.54, 1.807) is 36.4 Å². The minimum Gasteiger partial charge on any atom is -0.338 e. The second kappa shape index (κ2) is 7.64. The van der Waals surface area contributed by atoms with Crippen LogP contribution >= 0.6 is 11.6 Å². The molecule has 6 nitrogen and oxygen atoms in total. The van der Waals surface area contributed by atoms with Gasteiger partial charge in [-0.15, -0.1) is 10.2 Å². The number of hydrogen-bond donors (Lipinski definition) is 2. The average Bonchev–Trinajstić information content (AvgIpc) is 2.66. The highest BCUT2D eigenvalue weighted by Crippen LogP contribution is 2.25. The molecule has 3 rings (SSSR count). The number of halogens is 1. The molecule has 1 heterocycles. The number of rotatable bonds is 4. The van der Waals surface area contributed by atoms with Crippen LogP contribution in [0.5, 0.6) is 0 Å². The van der Waals surface area contributed by atoms with Gasteiger partial charge in [-0.3, -0.25) is 4.79 Å². The lowest BCUT2D eigenvalue weighted by Crippen LogP contribution is -2.14. The number of nitrogens with one attached hydrogen (secondary N) is 2. The largest absolute Gasteiger partial charge is 0.338 e. The van der Waals surface area contributed by atoms with Crippen molar-refractivity contribution in [3.8, 4) is 6.07 Å². The minimum absolute atomic E-state index is 0.183. The van der Waals surface area contributed by atoms with Crippen molar-refractivity contribution in [2.75, 3.05) is 10.6 Å². The number of carbonyl (C=O) groups excluding carboxylic acids is 1. The molecule has 2 N–H and O–H groups in total. The van der Waals surface area contributed by atoms with E-state index in [0.29, 0.717) is 22.1 Å². The van der Waals surface area contributed by atoms with E-state index in [2.05, 4.69) is 20.8 Å². The molecule has 7 heteroatoms. The van der Waals surface area contributed by atoms with Crippen LogP contribution in [-0.4, -0.2) is 16.1 Å². The highest BCUT2D eigenvalue weighted by atomic mass is 35.5. The summed E-state index contributed by atoms with van der Waals surface area (Å²) >= 11 is 6.10. The molecule has 1 amide bonds. The number of amides is 1. The van der Waals surface area contributed by atoms with Gasteiger partial charge < -0.3 is 10.6 Å².